The monoisotopic (exact) mass is 279 g/mol. The molecule has 0 saturated heterocycles. The maximum Gasteiger partial charge on any atom is 0.0599 e. The molecule has 1 N–H and O–H groups in total. The molecule has 0 aliphatic heterocycles. The zero-order valence-electron chi connectivity index (χ0n) is 11.0. The molecule has 0 aliphatic rings. The predicted octanol–water partition coefficient (Wildman–Crippen LogP) is 4.72. The molecule has 1 atom stereocenters. The van der Waals surface area contributed by atoms with Crippen LogP contribution >= 0.6 is 22.9 Å². The largest absolute Gasteiger partial charge is 0.306 e. The van der Waals surface area contributed by atoms with Gasteiger partial charge in [-0.25, -0.2) is 0 Å². The summed E-state index contributed by atoms with van der Waals surface area (Å²) in [6.07, 6.45) is 0. The molecular formula is C15H18ClNS. The van der Waals surface area contributed by atoms with E-state index >= 15 is 0 Å². The molecule has 0 aliphatic carbocycles. The first-order valence-corrected chi connectivity index (χ1v) is 7.42. The smallest absolute Gasteiger partial charge is 0.0599 e. The second kappa shape index (κ2) is 5.87. The van der Waals surface area contributed by atoms with Crippen LogP contribution in [0.4, 0.5) is 0 Å². The van der Waals surface area contributed by atoms with Crippen LogP contribution in [-0.2, 0) is 0 Å². The third-order valence-electron chi connectivity index (χ3n) is 3.03. The maximum absolute atomic E-state index is 6.44. The summed E-state index contributed by atoms with van der Waals surface area (Å²) in [6.45, 7) is 7.22. The third kappa shape index (κ3) is 2.77. The van der Waals surface area contributed by atoms with Crippen LogP contribution in [0.2, 0.25) is 5.02 Å². The summed E-state index contributed by atoms with van der Waals surface area (Å²) in [5.41, 5.74) is 3.59. The van der Waals surface area contributed by atoms with E-state index in [2.05, 4.69) is 42.7 Å². The van der Waals surface area contributed by atoms with Gasteiger partial charge in [-0.15, -0.1) is 11.3 Å². The molecule has 0 bridgehead atoms. The highest BCUT2D eigenvalue weighted by Gasteiger charge is 2.17. The SMILES string of the molecule is CCNC(c1csc(C)c1)c1cccc(C)c1Cl. The van der Waals surface area contributed by atoms with E-state index in [1.165, 1.54) is 10.4 Å². The second-order valence-electron chi connectivity index (χ2n) is 4.46. The van der Waals surface area contributed by atoms with Crippen molar-refractivity contribution in [2.24, 2.45) is 0 Å². The van der Waals surface area contributed by atoms with Crippen LogP contribution in [0, 0.1) is 13.8 Å². The Labute approximate surface area is 118 Å². The number of hydrogen-bond donors (Lipinski definition) is 1. The fraction of sp³-hybridized carbons (Fsp3) is 0.333. The Morgan fingerprint density at radius 1 is 1.33 bits per heavy atom. The Morgan fingerprint density at radius 2 is 2.11 bits per heavy atom. The molecule has 18 heavy (non-hydrogen) atoms. The summed E-state index contributed by atoms with van der Waals surface area (Å²) in [5.74, 6) is 0. The molecule has 1 aromatic heterocycles. The fourth-order valence-corrected chi connectivity index (χ4v) is 3.08. The zero-order valence-corrected chi connectivity index (χ0v) is 12.5. The number of benzene rings is 1. The Kier molecular flexibility index (Phi) is 4.44. The van der Waals surface area contributed by atoms with Crippen molar-refractivity contribution < 1.29 is 0 Å². The summed E-state index contributed by atoms with van der Waals surface area (Å²) >= 11 is 8.22. The molecule has 1 nitrogen and oxygen atoms in total. The van der Waals surface area contributed by atoms with Gasteiger partial charge in [0.1, 0.15) is 0 Å². The molecule has 0 saturated carbocycles. The van der Waals surface area contributed by atoms with Crippen molar-refractivity contribution in [2.45, 2.75) is 26.8 Å². The highest BCUT2D eigenvalue weighted by Crippen LogP contribution is 2.32. The quantitative estimate of drug-likeness (QED) is 0.854. The molecule has 2 rings (SSSR count). The molecule has 0 spiro atoms. The van der Waals surface area contributed by atoms with E-state index in [9.17, 15) is 0 Å². The number of hydrogen-bond acceptors (Lipinski definition) is 2. The van der Waals surface area contributed by atoms with Gasteiger partial charge in [0.05, 0.1) is 6.04 Å². The van der Waals surface area contributed by atoms with Crippen molar-refractivity contribution in [3.8, 4) is 0 Å². The van der Waals surface area contributed by atoms with E-state index in [-0.39, 0.29) is 6.04 Å². The minimum atomic E-state index is 0.187. The van der Waals surface area contributed by atoms with Gasteiger partial charge in [0, 0.05) is 9.90 Å². The van der Waals surface area contributed by atoms with Crippen molar-refractivity contribution in [1.82, 2.24) is 5.32 Å². The van der Waals surface area contributed by atoms with Crippen molar-refractivity contribution in [1.29, 1.82) is 0 Å². The molecule has 3 heteroatoms. The number of halogens is 1. The summed E-state index contributed by atoms with van der Waals surface area (Å²) in [6, 6.07) is 8.65. The summed E-state index contributed by atoms with van der Waals surface area (Å²) in [5, 5.41) is 6.60. The lowest BCUT2D eigenvalue weighted by Gasteiger charge is -2.19. The topological polar surface area (TPSA) is 12.0 Å². The second-order valence-corrected chi connectivity index (χ2v) is 5.95. The molecule has 0 fully saturated rings. The zero-order chi connectivity index (χ0) is 13.1. The van der Waals surface area contributed by atoms with Gasteiger partial charge in [-0.3, -0.25) is 0 Å². The van der Waals surface area contributed by atoms with E-state index in [0.29, 0.717) is 0 Å². The number of rotatable bonds is 4. The van der Waals surface area contributed by atoms with Crippen molar-refractivity contribution in [2.75, 3.05) is 6.54 Å². The van der Waals surface area contributed by atoms with Gasteiger partial charge < -0.3 is 5.32 Å². The van der Waals surface area contributed by atoms with Crippen molar-refractivity contribution in [3.05, 3.63) is 56.2 Å². The number of thiophene rings is 1. The lowest BCUT2D eigenvalue weighted by Crippen LogP contribution is -2.22. The molecular weight excluding hydrogens is 262 g/mol. The molecule has 1 aromatic carbocycles. The first-order chi connectivity index (χ1) is 8.63. The average molecular weight is 280 g/mol. The van der Waals surface area contributed by atoms with E-state index in [4.69, 9.17) is 11.6 Å². The third-order valence-corrected chi connectivity index (χ3v) is 4.42. The molecule has 0 amide bonds. The maximum atomic E-state index is 6.44. The Balaban J connectivity index is 2.44. The highest BCUT2D eigenvalue weighted by molar-refractivity contribution is 7.10. The van der Waals surface area contributed by atoms with E-state index in [1.54, 1.807) is 11.3 Å². The number of nitrogens with one attached hydrogen (secondary N) is 1. The molecule has 1 heterocycles. The molecule has 1 unspecified atom stereocenters. The Hall–Kier alpha value is -0.830. The van der Waals surface area contributed by atoms with E-state index in [1.807, 2.05) is 13.0 Å². The van der Waals surface area contributed by atoms with Crippen molar-refractivity contribution in [3.63, 3.8) is 0 Å². The molecule has 2 aromatic rings. The summed E-state index contributed by atoms with van der Waals surface area (Å²) in [7, 11) is 0. The first-order valence-electron chi connectivity index (χ1n) is 6.17. The summed E-state index contributed by atoms with van der Waals surface area (Å²) < 4.78 is 0. The van der Waals surface area contributed by atoms with Crippen LogP contribution in [0.3, 0.4) is 0 Å². The standard InChI is InChI=1S/C15H18ClNS/c1-4-17-15(12-8-11(3)18-9-12)13-7-5-6-10(2)14(13)16/h5-9,15,17H,4H2,1-3H3. The van der Waals surface area contributed by atoms with Crippen LogP contribution in [0.1, 0.15) is 34.5 Å². The number of aryl methyl sites for hydroxylation is 2. The lowest BCUT2D eigenvalue weighted by atomic mass is 9.99. The normalized spacial score (nSPS) is 12.7. The van der Waals surface area contributed by atoms with Crippen LogP contribution in [-0.4, -0.2) is 6.54 Å². The van der Waals surface area contributed by atoms with E-state index in [0.717, 1.165) is 22.7 Å². The van der Waals surface area contributed by atoms with Gasteiger partial charge in [-0.05, 0) is 48.5 Å². The minimum absolute atomic E-state index is 0.187. The van der Waals surface area contributed by atoms with Gasteiger partial charge >= 0.3 is 0 Å². The van der Waals surface area contributed by atoms with Gasteiger partial charge in [0.15, 0.2) is 0 Å². The van der Waals surface area contributed by atoms with E-state index < -0.39 is 0 Å². The Bertz CT molecular complexity index is 533. The van der Waals surface area contributed by atoms with Gasteiger partial charge in [-0.1, -0.05) is 36.7 Å². The molecule has 96 valence electrons. The van der Waals surface area contributed by atoms with Gasteiger partial charge in [0.2, 0.25) is 0 Å². The highest BCUT2D eigenvalue weighted by atomic mass is 35.5. The fourth-order valence-electron chi connectivity index (χ4n) is 2.12. The van der Waals surface area contributed by atoms with Crippen LogP contribution in [0.5, 0.6) is 0 Å². The van der Waals surface area contributed by atoms with Gasteiger partial charge in [-0.2, -0.15) is 0 Å². The minimum Gasteiger partial charge on any atom is -0.306 e. The summed E-state index contributed by atoms with van der Waals surface area (Å²) in [4.78, 5) is 1.33. The Morgan fingerprint density at radius 3 is 2.72 bits per heavy atom. The lowest BCUT2D eigenvalue weighted by molar-refractivity contribution is 0.632. The van der Waals surface area contributed by atoms with Crippen molar-refractivity contribution >= 4 is 22.9 Å². The first kappa shape index (κ1) is 13.6. The average Bonchev–Trinajstić information content (AvgIpc) is 2.77. The predicted molar refractivity (Wildman–Crippen MR) is 80.8 cm³/mol. The van der Waals surface area contributed by atoms with Crippen LogP contribution in [0.15, 0.2) is 29.6 Å². The molecule has 0 radical (unpaired) electrons. The van der Waals surface area contributed by atoms with Crippen LogP contribution < -0.4 is 5.32 Å². The van der Waals surface area contributed by atoms with Crippen LogP contribution in [0.25, 0.3) is 0 Å². The van der Waals surface area contributed by atoms with Gasteiger partial charge in [0.25, 0.3) is 0 Å².